The molecule has 5 atom stereocenters. The highest BCUT2D eigenvalue weighted by atomic mass is 16.6. The number of nitrogens with two attached hydrogens (primary N) is 3. The first-order chi connectivity index (χ1) is 19.0. The maximum atomic E-state index is 13.1. The van der Waals surface area contributed by atoms with Crippen LogP contribution in [0.25, 0.3) is 0 Å². The number of Topliss-reactive ketones (excluding diaryl/α,β-unsaturated/α-hetero) is 1. The fraction of sp³-hybridized carbons (Fsp3) is 0.643. The lowest BCUT2D eigenvalue weighted by Crippen LogP contribution is -2.65. The molecule has 2 aliphatic carbocycles. The van der Waals surface area contributed by atoms with Crippen molar-refractivity contribution >= 4 is 23.7 Å². The van der Waals surface area contributed by atoms with E-state index < -0.39 is 18.2 Å². The van der Waals surface area contributed by atoms with E-state index in [2.05, 4.69) is 16.9 Å². The summed E-state index contributed by atoms with van der Waals surface area (Å²) in [5, 5.41) is 0. The first kappa shape index (κ1) is 28.2. The minimum Gasteiger partial charge on any atom is -0.477 e. The fourth-order valence-corrected chi connectivity index (χ4v) is 7.19. The van der Waals surface area contributed by atoms with E-state index in [9.17, 15) is 14.4 Å². The van der Waals surface area contributed by atoms with E-state index in [4.69, 9.17) is 26.7 Å². The molecule has 1 spiro atoms. The molecule has 12 heteroatoms. The molecule has 2 bridgehead atoms. The normalized spacial score (nSPS) is 26.8. The van der Waals surface area contributed by atoms with Crippen LogP contribution in [-0.4, -0.2) is 104 Å². The third-order valence-electron chi connectivity index (χ3n) is 9.31. The number of ether oxygens (including phenoxy) is 2. The largest absolute Gasteiger partial charge is 0.477 e. The van der Waals surface area contributed by atoms with Gasteiger partial charge in [-0.3, -0.25) is 14.6 Å². The topological polar surface area (TPSA) is 170 Å². The molecule has 2 aliphatic heterocycles. The molecule has 4 unspecified atom stereocenters. The van der Waals surface area contributed by atoms with Gasteiger partial charge in [-0.1, -0.05) is 6.07 Å². The molecule has 1 saturated carbocycles. The van der Waals surface area contributed by atoms with Gasteiger partial charge in [-0.2, -0.15) is 0 Å². The first-order valence-electron chi connectivity index (χ1n) is 14.1. The van der Waals surface area contributed by atoms with Gasteiger partial charge in [0.2, 0.25) is 5.91 Å². The Bertz CT molecular complexity index is 1220. The van der Waals surface area contributed by atoms with Crippen molar-refractivity contribution in [1.82, 2.24) is 14.7 Å². The van der Waals surface area contributed by atoms with E-state index >= 15 is 0 Å². The van der Waals surface area contributed by atoms with Gasteiger partial charge in [0.05, 0.1) is 6.04 Å². The number of nitrogens with zero attached hydrogens (tertiary/aromatic N) is 4. The van der Waals surface area contributed by atoms with Crippen LogP contribution in [0.4, 0.5) is 4.79 Å². The van der Waals surface area contributed by atoms with Crippen molar-refractivity contribution in [3.63, 3.8) is 0 Å². The Morgan fingerprint density at radius 1 is 1.25 bits per heavy atom. The number of benzene rings is 1. The van der Waals surface area contributed by atoms with Crippen molar-refractivity contribution in [2.75, 3.05) is 47.3 Å². The summed E-state index contributed by atoms with van der Waals surface area (Å²) in [4.78, 5) is 48.0. The maximum absolute atomic E-state index is 13.1. The monoisotopic (exact) mass is 555 g/mol. The van der Waals surface area contributed by atoms with Crippen LogP contribution in [0.15, 0.2) is 17.1 Å². The lowest BCUT2D eigenvalue weighted by Gasteiger charge is -2.57. The van der Waals surface area contributed by atoms with Gasteiger partial charge >= 0.3 is 6.09 Å². The molecule has 218 valence electrons. The highest BCUT2D eigenvalue weighted by Gasteiger charge is 2.65. The summed E-state index contributed by atoms with van der Waals surface area (Å²) in [6, 6.07) is 3.52. The average Bonchev–Trinajstić information content (AvgIpc) is 3.28. The van der Waals surface area contributed by atoms with Gasteiger partial charge in [-0.05, 0) is 63.2 Å². The molecule has 2 amide bonds. The van der Waals surface area contributed by atoms with Crippen LogP contribution >= 0.6 is 0 Å². The Balaban J connectivity index is 1.23. The van der Waals surface area contributed by atoms with E-state index in [1.165, 1.54) is 15.4 Å². The molecule has 0 radical (unpaired) electrons. The Morgan fingerprint density at radius 2 is 2.00 bits per heavy atom. The maximum Gasteiger partial charge on any atom is 0.415 e. The van der Waals surface area contributed by atoms with Crippen LogP contribution in [0.5, 0.6) is 11.5 Å². The van der Waals surface area contributed by atoms with Crippen LogP contribution in [0.2, 0.25) is 0 Å². The van der Waals surface area contributed by atoms with E-state index in [1.54, 1.807) is 20.2 Å². The van der Waals surface area contributed by atoms with Gasteiger partial charge in [0.1, 0.15) is 0 Å². The Hall–Kier alpha value is -3.38. The van der Waals surface area contributed by atoms with Gasteiger partial charge < -0.3 is 41.4 Å². The molecule has 40 heavy (non-hydrogen) atoms. The summed E-state index contributed by atoms with van der Waals surface area (Å²) in [5.74, 6) is 1.17. The Morgan fingerprint density at radius 3 is 2.75 bits per heavy atom. The summed E-state index contributed by atoms with van der Waals surface area (Å²) in [7, 11) is 5.44. The standard InChI is InChI=1S/C28H41N7O5/c1-33-12-10-28-17-7-8-20(36)24(28)40-23-21(9-6-16(22(23)28)15-19(17)33)39-27(38)35(3)14-13-34(2)25(37)18(29)5-4-11-32-26(30)31/h6,9,17-19,24H,4-5,7-8,10-15,29H2,1-3H3,(H4,30,31,32)/t17?,18-,19?,24?,28?/m0/s1. The first-order valence-corrected chi connectivity index (χ1v) is 14.1. The molecule has 6 N–H and O–H groups in total. The summed E-state index contributed by atoms with van der Waals surface area (Å²) in [5.41, 5.74) is 18.6. The zero-order valence-electron chi connectivity index (χ0n) is 23.6. The van der Waals surface area contributed by atoms with Gasteiger partial charge in [0.15, 0.2) is 29.3 Å². The SMILES string of the molecule is CN(CCN(C)C(=O)[C@@H](N)CCCN=C(N)N)C(=O)Oc1ccc2c3c1OC1C(=O)CCC4C(C2)N(C)CCC314. The molecule has 1 aromatic carbocycles. The number of hydrogen-bond donors (Lipinski definition) is 3. The highest BCUT2D eigenvalue weighted by Crippen LogP contribution is 2.63. The number of piperidine rings is 1. The second-order valence-electron chi connectivity index (χ2n) is 11.7. The van der Waals surface area contributed by atoms with Crippen molar-refractivity contribution in [2.45, 2.75) is 62.1 Å². The van der Waals surface area contributed by atoms with Crippen molar-refractivity contribution in [3.05, 3.63) is 23.3 Å². The smallest absolute Gasteiger partial charge is 0.415 e. The molecule has 5 rings (SSSR count). The molecule has 1 aromatic rings. The number of likely N-dealkylation sites (N-methyl/N-ethyl adjacent to an activating group) is 3. The second kappa shape index (κ2) is 10.9. The van der Waals surface area contributed by atoms with Gasteiger partial charge in [0, 0.05) is 57.2 Å². The Labute approximate surface area is 234 Å². The number of ketones is 1. The van der Waals surface area contributed by atoms with Crippen LogP contribution in [0.1, 0.15) is 43.2 Å². The van der Waals surface area contributed by atoms with E-state index in [-0.39, 0.29) is 36.2 Å². The predicted molar refractivity (Wildman–Crippen MR) is 149 cm³/mol. The number of carbonyl (C=O) groups is 3. The summed E-state index contributed by atoms with van der Waals surface area (Å²) in [6.45, 7) is 1.86. The molecule has 0 aromatic heterocycles. The van der Waals surface area contributed by atoms with Gasteiger partial charge in [0.25, 0.3) is 0 Å². The number of guanidine groups is 1. The molecule has 1 saturated heterocycles. The lowest BCUT2D eigenvalue weighted by atomic mass is 9.52. The zero-order chi connectivity index (χ0) is 28.8. The number of rotatable bonds is 9. The number of carbonyl (C=O) groups excluding carboxylic acids is 3. The number of likely N-dealkylation sites (tertiary alicyclic amines) is 1. The summed E-state index contributed by atoms with van der Waals surface area (Å²) < 4.78 is 12.2. The van der Waals surface area contributed by atoms with Crippen molar-refractivity contribution in [1.29, 1.82) is 0 Å². The quantitative estimate of drug-likeness (QED) is 0.219. The van der Waals surface area contributed by atoms with Crippen LogP contribution < -0.4 is 26.7 Å². The summed E-state index contributed by atoms with van der Waals surface area (Å²) in [6.07, 6.45) is 3.10. The lowest BCUT2D eigenvalue weighted by molar-refractivity contribution is -0.138. The molecular formula is C28H41N7O5. The number of aliphatic imine (C=N–C) groups is 1. The molecule has 4 aliphatic rings. The third-order valence-corrected chi connectivity index (χ3v) is 9.31. The van der Waals surface area contributed by atoms with E-state index in [0.29, 0.717) is 49.3 Å². The molecule has 2 heterocycles. The number of hydrogen-bond acceptors (Lipinski definition) is 8. The number of amides is 2. The molecule has 2 fully saturated rings. The van der Waals surface area contributed by atoms with Crippen LogP contribution in [-0.2, 0) is 21.4 Å². The Kier molecular flexibility index (Phi) is 7.66. The zero-order valence-corrected chi connectivity index (χ0v) is 23.6. The van der Waals surface area contributed by atoms with Crippen molar-refractivity contribution in [3.8, 4) is 11.5 Å². The second-order valence-corrected chi connectivity index (χ2v) is 11.7. The van der Waals surface area contributed by atoms with Crippen molar-refractivity contribution < 1.29 is 23.9 Å². The fourth-order valence-electron chi connectivity index (χ4n) is 7.19. The molecular weight excluding hydrogens is 514 g/mol. The average molecular weight is 556 g/mol. The van der Waals surface area contributed by atoms with Gasteiger partial charge in [-0.25, -0.2) is 4.79 Å². The van der Waals surface area contributed by atoms with Crippen LogP contribution in [0.3, 0.4) is 0 Å². The minimum absolute atomic E-state index is 0.00815. The predicted octanol–water partition coefficient (Wildman–Crippen LogP) is 0.195. The summed E-state index contributed by atoms with van der Waals surface area (Å²) >= 11 is 0. The van der Waals surface area contributed by atoms with Gasteiger partial charge in [-0.15, -0.1) is 0 Å². The van der Waals surface area contributed by atoms with Crippen LogP contribution in [0, 0.1) is 5.92 Å². The third kappa shape index (κ3) is 4.77. The van der Waals surface area contributed by atoms with E-state index in [1.807, 2.05) is 6.07 Å². The minimum atomic E-state index is -0.679. The van der Waals surface area contributed by atoms with Crippen molar-refractivity contribution in [2.24, 2.45) is 28.1 Å². The molecule has 12 nitrogen and oxygen atoms in total. The highest BCUT2D eigenvalue weighted by molar-refractivity contribution is 5.89. The van der Waals surface area contributed by atoms with E-state index in [0.717, 1.165) is 31.4 Å².